The molecule has 0 radical (unpaired) electrons. The summed E-state index contributed by atoms with van der Waals surface area (Å²) in [6, 6.07) is 15.6. The highest BCUT2D eigenvalue weighted by atomic mass is 35.5. The summed E-state index contributed by atoms with van der Waals surface area (Å²) >= 11 is 6.10. The molecule has 0 unspecified atom stereocenters. The van der Waals surface area contributed by atoms with Gasteiger partial charge in [0.25, 0.3) is 0 Å². The summed E-state index contributed by atoms with van der Waals surface area (Å²) in [7, 11) is 1.95. The largest absolute Gasteiger partial charge is 0.378 e. The van der Waals surface area contributed by atoms with E-state index in [4.69, 9.17) is 16.3 Å². The summed E-state index contributed by atoms with van der Waals surface area (Å²) < 4.78 is 5.45. The number of nitrogens with zero attached hydrogens (tertiary/aromatic N) is 2. The minimum Gasteiger partial charge on any atom is -0.378 e. The minimum atomic E-state index is -0.0792. The van der Waals surface area contributed by atoms with Crippen molar-refractivity contribution in [1.82, 2.24) is 4.90 Å². The molecule has 1 heterocycles. The smallest absolute Gasteiger partial charge is 0.238 e. The molecule has 1 saturated heterocycles. The molecule has 3 rings (SSSR count). The van der Waals surface area contributed by atoms with Crippen LogP contribution in [0.2, 0.25) is 5.02 Å². The van der Waals surface area contributed by atoms with Crippen LogP contribution in [0.15, 0.2) is 48.5 Å². The van der Waals surface area contributed by atoms with Gasteiger partial charge in [-0.3, -0.25) is 9.69 Å². The predicted molar refractivity (Wildman–Crippen MR) is 106 cm³/mol. The normalized spacial score (nSPS) is 14.5. The van der Waals surface area contributed by atoms with Gasteiger partial charge in [-0.25, -0.2) is 0 Å². The van der Waals surface area contributed by atoms with Crippen molar-refractivity contribution in [1.29, 1.82) is 0 Å². The molecular formula is C20H24ClN3O2. The number of ether oxygens (including phenoxy) is 1. The molecule has 0 saturated carbocycles. The lowest BCUT2D eigenvalue weighted by Gasteiger charge is -2.31. The van der Waals surface area contributed by atoms with Crippen LogP contribution in [0.4, 0.5) is 11.4 Å². The fraction of sp³-hybridized carbons (Fsp3) is 0.350. The number of hydrogen-bond donors (Lipinski definition) is 1. The third-order valence-corrected chi connectivity index (χ3v) is 4.67. The highest BCUT2D eigenvalue weighted by Gasteiger charge is 2.16. The molecule has 2 aromatic carbocycles. The van der Waals surface area contributed by atoms with E-state index in [0.29, 0.717) is 23.8 Å². The number of amides is 1. The zero-order valence-corrected chi connectivity index (χ0v) is 15.7. The number of morpholine rings is 1. The van der Waals surface area contributed by atoms with Crippen molar-refractivity contribution in [3.8, 4) is 0 Å². The van der Waals surface area contributed by atoms with Gasteiger partial charge in [0.2, 0.25) is 5.91 Å². The molecule has 5 nitrogen and oxygen atoms in total. The molecule has 0 atom stereocenters. The summed E-state index contributed by atoms with van der Waals surface area (Å²) in [5.41, 5.74) is 3.07. The lowest BCUT2D eigenvalue weighted by atomic mass is 10.1. The van der Waals surface area contributed by atoms with E-state index in [1.165, 1.54) is 11.3 Å². The second kappa shape index (κ2) is 9.03. The topological polar surface area (TPSA) is 44.8 Å². The number of halogens is 1. The first-order valence-corrected chi connectivity index (χ1v) is 9.15. The second-order valence-corrected chi connectivity index (χ2v) is 6.84. The van der Waals surface area contributed by atoms with E-state index in [-0.39, 0.29) is 5.91 Å². The van der Waals surface area contributed by atoms with Gasteiger partial charge in [0.05, 0.1) is 30.5 Å². The zero-order valence-electron chi connectivity index (χ0n) is 15.0. The molecule has 1 aliphatic rings. The van der Waals surface area contributed by atoms with Crippen molar-refractivity contribution in [2.45, 2.75) is 6.54 Å². The molecule has 0 aromatic heterocycles. The molecule has 1 N–H and O–H groups in total. The van der Waals surface area contributed by atoms with E-state index in [1.54, 1.807) is 12.1 Å². The lowest BCUT2D eigenvalue weighted by molar-refractivity contribution is -0.117. The van der Waals surface area contributed by atoms with Gasteiger partial charge in [0.1, 0.15) is 0 Å². The first-order chi connectivity index (χ1) is 12.6. The highest BCUT2D eigenvalue weighted by molar-refractivity contribution is 6.33. The Bertz CT molecular complexity index is 747. The Hall–Kier alpha value is -2.08. The Balaban J connectivity index is 1.60. The van der Waals surface area contributed by atoms with E-state index >= 15 is 0 Å². The van der Waals surface area contributed by atoms with Crippen molar-refractivity contribution >= 4 is 28.9 Å². The summed E-state index contributed by atoms with van der Waals surface area (Å²) in [6.45, 7) is 4.29. The summed E-state index contributed by atoms with van der Waals surface area (Å²) in [5.74, 6) is -0.0792. The van der Waals surface area contributed by atoms with Gasteiger partial charge in [0, 0.05) is 25.3 Å². The second-order valence-electron chi connectivity index (χ2n) is 6.43. The van der Waals surface area contributed by atoms with Gasteiger partial charge in [-0.2, -0.15) is 0 Å². The Kier molecular flexibility index (Phi) is 6.50. The standard InChI is InChI=1S/C20H24ClN3O2/c1-23(15-20(25)22-18-8-4-3-7-17(18)21)14-16-6-2-5-9-19(16)24-10-12-26-13-11-24/h2-9H,10-15H2,1H3,(H,22,25). The Morgan fingerprint density at radius 3 is 2.62 bits per heavy atom. The zero-order chi connectivity index (χ0) is 18.4. The highest BCUT2D eigenvalue weighted by Crippen LogP contribution is 2.23. The van der Waals surface area contributed by atoms with E-state index in [1.807, 2.05) is 30.1 Å². The van der Waals surface area contributed by atoms with E-state index in [9.17, 15) is 4.79 Å². The van der Waals surface area contributed by atoms with Gasteiger partial charge in [-0.1, -0.05) is 41.9 Å². The number of benzene rings is 2. The van der Waals surface area contributed by atoms with Crippen LogP contribution < -0.4 is 10.2 Å². The molecule has 0 aliphatic carbocycles. The summed E-state index contributed by atoms with van der Waals surface area (Å²) in [6.07, 6.45) is 0. The number of carbonyl (C=O) groups is 1. The van der Waals surface area contributed by atoms with E-state index in [2.05, 4.69) is 28.4 Å². The Morgan fingerprint density at radius 1 is 1.15 bits per heavy atom. The fourth-order valence-corrected chi connectivity index (χ4v) is 3.28. The molecule has 6 heteroatoms. The molecule has 0 bridgehead atoms. The SMILES string of the molecule is CN(CC(=O)Nc1ccccc1Cl)Cc1ccccc1N1CCOCC1. The number of anilines is 2. The van der Waals surface area contributed by atoms with Crippen LogP contribution in [0, 0.1) is 0 Å². The van der Waals surface area contributed by atoms with Crippen LogP contribution in [-0.4, -0.2) is 50.7 Å². The molecular weight excluding hydrogens is 350 g/mol. The average Bonchev–Trinajstić information content (AvgIpc) is 2.64. The number of hydrogen-bond acceptors (Lipinski definition) is 4. The van der Waals surface area contributed by atoms with E-state index in [0.717, 1.165) is 26.3 Å². The first kappa shape index (κ1) is 18.7. The maximum atomic E-state index is 12.3. The average molecular weight is 374 g/mol. The van der Waals surface area contributed by atoms with Gasteiger partial charge >= 0.3 is 0 Å². The van der Waals surface area contributed by atoms with Crippen LogP contribution in [0.1, 0.15) is 5.56 Å². The van der Waals surface area contributed by atoms with Crippen LogP contribution in [0.25, 0.3) is 0 Å². The van der Waals surface area contributed by atoms with Crippen LogP contribution in [0.5, 0.6) is 0 Å². The van der Waals surface area contributed by atoms with Gasteiger partial charge < -0.3 is 15.0 Å². The van der Waals surface area contributed by atoms with Crippen molar-refractivity contribution in [2.24, 2.45) is 0 Å². The number of rotatable bonds is 6. The summed E-state index contributed by atoms with van der Waals surface area (Å²) in [4.78, 5) is 16.7. The summed E-state index contributed by atoms with van der Waals surface area (Å²) in [5, 5.41) is 3.41. The molecule has 0 spiro atoms. The molecule has 138 valence electrons. The van der Waals surface area contributed by atoms with Crippen molar-refractivity contribution in [2.75, 3.05) is 50.1 Å². The number of likely N-dealkylation sites (N-methyl/N-ethyl adjacent to an activating group) is 1. The monoisotopic (exact) mass is 373 g/mol. The van der Waals surface area contributed by atoms with Crippen LogP contribution >= 0.6 is 11.6 Å². The molecule has 2 aromatic rings. The maximum Gasteiger partial charge on any atom is 0.238 e. The number of para-hydroxylation sites is 2. The van der Waals surface area contributed by atoms with Crippen molar-refractivity contribution < 1.29 is 9.53 Å². The fourth-order valence-electron chi connectivity index (χ4n) is 3.10. The predicted octanol–water partition coefficient (Wildman–Crippen LogP) is 3.25. The molecule has 1 aliphatic heterocycles. The van der Waals surface area contributed by atoms with Gasteiger partial charge in [-0.05, 0) is 30.8 Å². The number of nitrogens with one attached hydrogen (secondary N) is 1. The minimum absolute atomic E-state index is 0.0792. The van der Waals surface area contributed by atoms with Gasteiger partial charge in [-0.15, -0.1) is 0 Å². The Morgan fingerprint density at radius 2 is 1.85 bits per heavy atom. The molecule has 26 heavy (non-hydrogen) atoms. The Labute approximate surface area is 159 Å². The molecule has 1 fully saturated rings. The van der Waals surface area contributed by atoms with Crippen LogP contribution in [-0.2, 0) is 16.1 Å². The first-order valence-electron chi connectivity index (χ1n) is 8.77. The lowest BCUT2D eigenvalue weighted by Crippen LogP contribution is -2.37. The van der Waals surface area contributed by atoms with Crippen LogP contribution in [0.3, 0.4) is 0 Å². The maximum absolute atomic E-state index is 12.3. The van der Waals surface area contributed by atoms with Crippen molar-refractivity contribution in [3.05, 3.63) is 59.1 Å². The quantitative estimate of drug-likeness (QED) is 0.844. The third-order valence-electron chi connectivity index (χ3n) is 4.35. The third kappa shape index (κ3) is 4.97. The number of carbonyl (C=O) groups excluding carboxylic acids is 1. The molecule has 1 amide bonds. The van der Waals surface area contributed by atoms with Crippen molar-refractivity contribution in [3.63, 3.8) is 0 Å². The van der Waals surface area contributed by atoms with Gasteiger partial charge in [0.15, 0.2) is 0 Å². The van der Waals surface area contributed by atoms with E-state index < -0.39 is 0 Å².